The van der Waals surface area contributed by atoms with Gasteiger partial charge in [0.25, 0.3) is 5.91 Å². The zero-order valence-corrected chi connectivity index (χ0v) is 13.1. The van der Waals surface area contributed by atoms with E-state index in [2.05, 4.69) is 15.6 Å². The smallest absolute Gasteiger partial charge is 0.322 e. The molecule has 1 amide bonds. The van der Waals surface area contributed by atoms with E-state index >= 15 is 0 Å². The lowest BCUT2D eigenvalue weighted by Crippen LogP contribution is -2.29. The molecule has 1 aromatic heterocycles. The number of anilines is 2. The van der Waals surface area contributed by atoms with Crippen LogP contribution in [0.3, 0.4) is 0 Å². The molecule has 0 atom stereocenters. The predicted molar refractivity (Wildman–Crippen MR) is 93.1 cm³/mol. The van der Waals surface area contributed by atoms with Crippen molar-refractivity contribution in [3.05, 3.63) is 60.4 Å². The van der Waals surface area contributed by atoms with Crippen LogP contribution in [0.2, 0.25) is 0 Å². The molecule has 0 bridgehead atoms. The van der Waals surface area contributed by atoms with Gasteiger partial charge < -0.3 is 20.8 Å². The number of carbonyl (C=O) groups excluding carboxylic acids is 1. The van der Waals surface area contributed by atoms with E-state index in [1.807, 2.05) is 36.4 Å². The van der Waals surface area contributed by atoms with Crippen molar-refractivity contribution >= 4 is 34.0 Å². The van der Waals surface area contributed by atoms with E-state index in [-0.39, 0.29) is 11.4 Å². The van der Waals surface area contributed by atoms with Gasteiger partial charge in [0, 0.05) is 28.3 Å². The monoisotopic (exact) mass is 337 g/mol. The summed E-state index contributed by atoms with van der Waals surface area (Å²) in [5, 5.41) is 25.5. The van der Waals surface area contributed by atoms with E-state index in [4.69, 9.17) is 5.11 Å². The highest BCUT2D eigenvalue weighted by Crippen LogP contribution is 2.30. The van der Waals surface area contributed by atoms with Crippen molar-refractivity contribution < 1.29 is 19.8 Å². The highest BCUT2D eigenvalue weighted by atomic mass is 16.4. The lowest BCUT2D eigenvalue weighted by Gasteiger charge is -2.10. The van der Waals surface area contributed by atoms with Crippen LogP contribution in [0, 0.1) is 0 Å². The number of fused-ring (bicyclic) bond motifs is 1. The fraction of sp³-hybridized carbons (Fsp3) is 0.0556. The number of pyridine rings is 1. The maximum absolute atomic E-state index is 12.0. The summed E-state index contributed by atoms with van der Waals surface area (Å²) in [6, 6.07) is 14.8. The van der Waals surface area contributed by atoms with Gasteiger partial charge in [0.2, 0.25) is 0 Å². The molecule has 0 aliphatic rings. The Bertz CT molecular complexity index is 942. The molecule has 0 saturated heterocycles. The Labute approximate surface area is 142 Å². The SMILES string of the molecule is O=C(O)CNC(=O)c1ncc2ccc(Nc3ccccc3)cc2c1O. The third-order valence-electron chi connectivity index (χ3n) is 3.54. The number of carboxylic acids is 1. The molecule has 0 unspecified atom stereocenters. The van der Waals surface area contributed by atoms with Gasteiger partial charge in [-0.1, -0.05) is 24.3 Å². The first kappa shape index (κ1) is 16.3. The van der Waals surface area contributed by atoms with Crippen molar-refractivity contribution in [3.63, 3.8) is 0 Å². The number of benzene rings is 2. The molecule has 3 rings (SSSR count). The van der Waals surface area contributed by atoms with Gasteiger partial charge in [0.15, 0.2) is 11.4 Å². The quantitative estimate of drug-likeness (QED) is 0.569. The summed E-state index contributed by atoms with van der Waals surface area (Å²) in [4.78, 5) is 26.4. The third kappa shape index (κ3) is 3.66. The highest BCUT2D eigenvalue weighted by molar-refractivity contribution is 6.03. The number of aromatic hydroxyl groups is 1. The molecule has 25 heavy (non-hydrogen) atoms. The highest BCUT2D eigenvalue weighted by Gasteiger charge is 2.16. The second kappa shape index (κ2) is 6.88. The molecule has 0 aliphatic heterocycles. The van der Waals surface area contributed by atoms with Crippen LogP contribution in [0.5, 0.6) is 5.75 Å². The Kier molecular flexibility index (Phi) is 4.47. The van der Waals surface area contributed by atoms with Gasteiger partial charge in [0.05, 0.1) is 0 Å². The topological polar surface area (TPSA) is 112 Å². The van der Waals surface area contributed by atoms with Crippen molar-refractivity contribution in [2.75, 3.05) is 11.9 Å². The molecule has 0 saturated carbocycles. The van der Waals surface area contributed by atoms with Crippen LogP contribution in [-0.2, 0) is 4.79 Å². The lowest BCUT2D eigenvalue weighted by atomic mass is 10.1. The Hall–Kier alpha value is -3.61. The zero-order chi connectivity index (χ0) is 17.8. The van der Waals surface area contributed by atoms with Crippen LogP contribution in [0.1, 0.15) is 10.5 Å². The van der Waals surface area contributed by atoms with Gasteiger partial charge in [-0.15, -0.1) is 0 Å². The van der Waals surface area contributed by atoms with E-state index in [0.29, 0.717) is 10.8 Å². The minimum Gasteiger partial charge on any atom is -0.505 e. The van der Waals surface area contributed by atoms with E-state index in [9.17, 15) is 14.7 Å². The summed E-state index contributed by atoms with van der Waals surface area (Å²) >= 11 is 0. The first-order valence-electron chi connectivity index (χ1n) is 7.48. The first-order valence-corrected chi connectivity index (χ1v) is 7.48. The van der Waals surface area contributed by atoms with Crippen LogP contribution in [0.15, 0.2) is 54.7 Å². The summed E-state index contributed by atoms with van der Waals surface area (Å²) in [5.41, 5.74) is 1.40. The molecule has 2 aromatic carbocycles. The summed E-state index contributed by atoms with van der Waals surface area (Å²) in [6.45, 7) is -0.548. The number of hydrogen-bond acceptors (Lipinski definition) is 5. The predicted octanol–water partition coefficient (Wildman–Crippen LogP) is 2.50. The Balaban J connectivity index is 1.93. The second-order valence-corrected chi connectivity index (χ2v) is 5.32. The van der Waals surface area contributed by atoms with Crippen molar-refractivity contribution in [2.24, 2.45) is 0 Å². The number of nitrogens with zero attached hydrogens (tertiary/aromatic N) is 1. The number of hydrogen-bond donors (Lipinski definition) is 4. The van der Waals surface area contributed by atoms with Gasteiger partial charge in [0.1, 0.15) is 6.54 Å². The van der Waals surface area contributed by atoms with Gasteiger partial charge in [-0.25, -0.2) is 4.98 Å². The van der Waals surface area contributed by atoms with Crippen LogP contribution in [0.25, 0.3) is 10.8 Å². The summed E-state index contributed by atoms with van der Waals surface area (Å²) in [6.07, 6.45) is 1.46. The maximum Gasteiger partial charge on any atom is 0.322 e. The minimum atomic E-state index is -1.18. The van der Waals surface area contributed by atoms with Gasteiger partial charge >= 0.3 is 5.97 Å². The molecule has 4 N–H and O–H groups in total. The van der Waals surface area contributed by atoms with Crippen molar-refractivity contribution in [1.29, 1.82) is 0 Å². The van der Waals surface area contributed by atoms with E-state index < -0.39 is 18.4 Å². The van der Waals surface area contributed by atoms with Crippen molar-refractivity contribution in [2.45, 2.75) is 0 Å². The molecular formula is C18H15N3O4. The molecule has 0 spiro atoms. The van der Waals surface area contributed by atoms with Crippen LogP contribution in [-0.4, -0.2) is 33.6 Å². The summed E-state index contributed by atoms with van der Waals surface area (Å²) in [7, 11) is 0. The van der Waals surface area contributed by atoms with E-state index in [0.717, 1.165) is 11.4 Å². The lowest BCUT2D eigenvalue weighted by molar-refractivity contribution is -0.135. The number of carboxylic acid groups (broad SMARTS) is 1. The van der Waals surface area contributed by atoms with Crippen LogP contribution in [0.4, 0.5) is 11.4 Å². The molecule has 0 fully saturated rings. The molecule has 7 heteroatoms. The maximum atomic E-state index is 12.0. The first-order chi connectivity index (χ1) is 12.0. The molecule has 0 radical (unpaired) electrons. The summed E-state index contributed by atoms with van der Waals surface area (Å²) < 4.78 is 0. The molecule has 7 nitrogen and oxygen atoms in total. The van der Waals surface area contributed by atoms with E-state index in [1.165, 1.54) is 6.20 Å². The zero-order valence-electron chi connectivity index (χ0n) is 13.1. The number of nitrogens with one attached hydrogen (secondary N) is 2. The van der Waals surface area contributed by atoms with Crippen molar-refractivity contribution in [3.8, 4) is 5.75 Å². The fourth-order valence-electron chi connectivity index (χ4n) is 2.37. The standard InChI is InChI=1S/C18H15N3O4/c22-15(23)10-20-18(25)16-17(24)14-8-13(7-6-11(14)9-19-16)21-12-4-2-1-3-5-12/h1-9,21,24H,10H2,(H,20,25)(H,22,23). The van der Waals surface area contributed by atoms with Crippen LogP contribution >= 0.6 is 0 Å². The Morgan fingerprint density at radius 3 is 2.52 bits per heavy atom. The number of carbonyl (C=O) groups is 2. The molecule has 3 aromatic rings. The van der Waals surface area contributed by atoms with Gasteiger partial charge in [-0.05, 0) is 24.3 Å². The molecule has 0 aliphatic carbocycles. The van der Waals surface area contributed by atoms with Crippen LogP contribution < -0.4 is 10.6 Å². The fourth-order valence-corrected chi connectivity index (χ4v) is 2.37. The summed E-state index contributed by atoms with van der Waals surface area (Å²) in [5.74, 6) is -2.22. The number of para-hydroxylation sites is 1. The number of amides is 1. The normalized spacial score (nSPS) is 10.4. The number of aromatic nitrogens is 1. The molecule has 126 valence electrons. The Morgan fingerprint density at radius 1 is 1.04 bits per heavy atom. The van der Waals surface area contributed by atoms with E-state index in [1.54, 1.807) is 12.1 Å². The largest absolute Gasteiger partial charge is 0.505 e. The average Bonchev–Trinajstić information content (AvgIpc) is 2.61. The number of aliphatic carboxylic acids is 1. The molecular weight excluding hydrogens is 322 g/mol. The van der Waals surface area contributed by atoms with Crippen molar-refractivity contribution in [1.82, 2.24) is 10.3 Å². The number of rotatable bonds is 5. The van der Waals surface area contributed by atoms with Gasteiger partial charge in [-0.2, -0.15) is 0 Å². The minimum absolute atomic E-state index is 0.217. The third-order valence-corrected chi connectivity index (χ3v) is 3.54. The Morgan fingerprint density at radius 2 is 1.80 bits per heavy atom. The average molecular weight is 337 g/mol. The van der Waals surface area contributed by atoms with Gasteiger partial charge in [-0.3, -0.25) is 9.59 Å². The molecule has 1 heterocycles. The second-order valence-electron chi connectivity index (χ2n) is 5.32.